The van der Waals surface area contributed by atoms with Gasteiger partial charge in [-0.3, -0.25) is 14.4 Å². The van der Waals surface area contributed by atoms with Gasteiger partial charge in [0.1, 0.15) is 30.3 Å². The molecule has 3 atom stereocenters. The van der Waals surface area contributed by atoms with Gasteiger partial charge in [-0.1, -0.05) is 58.0 Å². The maximum Gasteiger partial charge on any atom is 0.329 e. The van der Waals surface area contributed by atoms with Crippen LogP contribution in [0, 0.1) is 5.41 Å². The minimum Gasteiger partial charge on any atom is -0.497 e. The van der Waals surface area contributed by atoms with Crippen molar-refractivity contribution in [3.63, 3.8) is 0 Å². The molecule has 0 spiro atoms. The topological polar surface area (TPSA) is 139 Å². The van der Waals surface area contributed by atoms with Crippen LogP contribution in [0.25, 0.3) is 0 Å². The fourth-order valence-corrected chi connectivity index (χ4v) is 6.73. The number of ketones is 1. The summed E-state index contributed by atoms with van der Waals surface area (Å²) in [7, 11) is 4.79. The standard InChI is InChI=1S/C46H62N2O10/c1-8-35(57-31-33-16-20-36(53-5)21-17-33)22-25-42(49)47-26-28-56-37-14-12-13-34(30-37)39(23-18-32-19-24-40(54-6)41(29-32)55-7)58-45(52)38-15-10-11-27-48(38)44(51)43(50)46(3,4)9-2/h12-14,16-17,19-21,24,29-30,35,38-39H,8-11,15,18,22-23,25-28,31H2,1-7H3,(H,47,49)/t35?,38-,39+/m0/s1. The molecule has 12 heteroatoms. The van der Waals surface area contributed by atoms with Crippen molar-refractivity contribution in [2.45, 2.75) is 110 Å². The molecule has 0 aromatic heterocycles. The third-order valence-electron chi connectivity index (χ3n) is 10.8. The lowest BCUT2D eigenvalue weighted by atomic mass is 9.84. The van der Waals surface area contributed by atoms with Crippen LogP contribution in [0.2, 0.25) is 0 Å². The maximum absolute atomic E-state index is 14.0. The van der Waals surface area contributed by atoms with Gasteiger partial charge in [0.2, 0.25) is 11.7 Å². The van der Waals surface area contributed by atoms with Gasteiger partial charge in [0.05, 0.1) is 40.6 Å². The molecule has 0 saturated carbocycles. The molecule has 316 valence electrons. The first kappa shape index (κ1) is 45.6. The number of piperidine rings is 1. The smallest absolute Gasteiger partial charge is 0.329 e. The van der Waals surface area contributed by atoms with E-state index in [0.29, 0.717) is 87.5 Å². The van der Waals surface area contributed by atoms with E-state index in [1.54, 1.807) is 35.2 Å². The third kappa shape index (κ3) is 13.2. The van der Waals surface area contributed by atoms with Crippen molar-refractivity contribution in [3.8, 4) is 23.0 Å². The molecule has 1 heterocycles. The van der Waals surface area contributed by atoms with Gasteiger partial charge < -0.3 is 38.6 Å². The van der Waals surface area contributed by atoms with Crippen molar-refractivity contribution < 1.29 is 47.6 Å². The summed E-state index contributed by atoms with van der Waals surface area (Å²) in [6.45, 7) is 8.74. The molecule has 0 bridgehead atoms. The summed E-state index contributed by atoms with van der Waals surface area (Å²) in [4.78, 5) is 54.7. The summed E-state index contributed by atoms with van der Waals surface area (Å²) in [6.07, 6.45) is 4.32. The van der Waals surface area contributed by atoms with Crippen LogP contribution in [0.4, 0.5) is 0 Å². The minimum atomic E-state index is -0.864. The molecule has 1 unspecified atom stereocenters. The summed E-state index contributed by atoms with van der Waals surface area (Å²) in [5.41, 5.74) is 1.88. The highest BCUT2D eigenvalue weighted by Crippen LogP contribution is 2.33. The predicted octanol–water partition coefficient (Wildman–Crippen LogP) is 7.59. The van der Waals surface area contributed by atoms with Crippen LogP contribution in [0.5, 0.6) is 23.0 Å². The highest BCUT2D eigenvalue weighted by atomic mass is 16.5. The van der Waals surface area contributed by atoms with E-state index in [1.165, 1.54) is 4.90 Å². The lowest BCUT2D eigenvalue weighted by molar-refractivity contribution is -0.164. The zero-order valence-electron chi connectivity index (χ0n) is 35.3. The molecule has 0 radical (unpaired) electrons. The second-order valence-electron chi connectivity index (χ2n) is 15.2. The number of Topliss-reactive ketones (excluding diaryl/α,β-unsaturated/α-hetero) is 1. The fraction of sp³-hybridized carbons (Fsp3) is 0.522. The summed E-state index contributed by atoms with van der Waals surface area (Å²) in [5, 5.41) is 2.93. The SMILES string of the molecule is CCC(CCC(=O)NCCOc1cccc([C@@H](CCc2ccc(OC)c(OC)c2)OC(=O)[C@@H]2CCCCN2C(=O)C(=O)C(C)(C)CC)c1)OCc1ccc(OC)cc1. The van der Waals surface area contributed by atoms with E-state index in [1.807, 2.05) is 80.6 Å². The van der Waals surface area contributed by atoms with Gasteiger partial charge in [-0.15, -0.1) is 0 Å². The van der Waals surface area contributed by atoms with E-state index < -0.39 is 35.2 Å². The average Bonchev–Trinajstić information content (AvgIpc) is 3.26. The number of ether oxygens (including phenoxy) is 6. The van der Waals surface area contributed by atoms with Gasteiger partial charge in [0, 0.05) is 18.4 Å². The first-order chi connectivity index (χ1) is 27.9. The van der Waals surface area contributed by atoms with E-state index in [0.717, 1.165) is 29.7 Å². The normalized spacial score (nSPS) is 15.2. The molecule has 58 heavy (non-hydrogen) atoms. The molecule has 0 aliphatic carbocycles. The monoisotopic (exact) mass is 802 g/mol. The number of amides is 2. The van der Waals surface area contributed by atoms with Gasteiger partial charge in [0.15, 0.2) is 11.5 Å². The Hall–Kier alpha value is -5.10. The second-order valence-corrected chi connectivity index (χ2v) is 15.2. The van der Waals surface area contributed by atoms with Crippen LogP contribution in [-0.2, 0) is 41.7 Å². The Morgan fingerprint density at radius 3 is 2.28 bits per heavy atom. The number of carbonyl (C=O) groups excluding carboxylic acids is 4. The zero-order valence-corrected chi connectivity index (χ0v) is 35.3. The Labute approximate surface area is 343 Å². The van der Waals surface area contributed by atoms with Crippen molar-refractivity contribution in [1.82, 2.24) is 10.2 Å². The molecule has 4 rings (SSSR count). The third-order valence-corrected chi connectivity index (χ3v) is 10.8. The van der Waals surface area contributed by atoms with Crippen LogP contribution >= 0.6 is 0 Å². The summed E-state index contributed by atoms with van der Waals surface area (Å²) < 4.78 is 34.5. The lowest BCUT2D eigenvalue weighted by Crippen LogP contribution is -2.53. The van der Waals surface area contributed by atoms with E-state index >= 15 is 0 Å². The number of methoxy groups -OCH3 is 3. The summed E-state index contributed by atoms with van der Waals surface area (Å²) in [5.74, 6) is 0.785. The number of nitrogens with zero attached hydrogens (tertiary/aromatic N) is 1. The van der Waals surface area contributed by atoms with Crippen molar-refractivity contribution in [1.29, 1.82) is 0 Å². The minimum absolute atomic E-state index is 0.0435. The highest BCUT2D eigenvalue weighted by Gasteiger charge is 2.41. The summed E-state index contributed by atoms with van der Waals surface area (Å²) >= 11 is 0. The number of aryl methyl sites for hydroxylation is 1. The number of esters is 1. The van der Waals surface area contributed by atoms with Crippen LogP contribution in [0.3, 0.4) is 0 Å². The lowest BCUT2D eigenvalue weighted by Gasteiger charge is -2.36. The van der Waals surface area contributed by atoms with Gasteiger partial charge in [0.25, 0.3) is 5.91 Å². The number of likely N-dealkylation sites (tertiary alicyclic amines) is 1. The zero-order chi connectivity index (χ0) is 42.1. The van der Waals surface area contributed by atoms with Crippen molar-refractivity contribution in [3.05, 3.63) is 83.4 Å². The summed E-state index contributed by atoms with van der Waals surface area (Å²) in [6, 6.07) is 19.9. The van der Waals surface area contributed by atoms with Crippen LogP contribution in [-0.4, -0.2) is 81.6 Å². The Bertz CT molecular complexity index is 1790. The molecule has 1 fully saturated rings. The van der Waals surface area contributed by atoms with E-state index in [4.69, 9.17) is 28.4 Å². The first-order valence-corrected chi connectivity index (χ1v) is 20.4. The molecule has 1 saturated heterocycles. The molecule has 2 amide bonds. The number of hydrogen-bond donors (Lipinski definition) is 1. The van der Waals surface area contributed by atoms with Gasteiger partial charge in [-0.2, -0.15) is 0 Å². The van der Waals surface area contributed by atoms with Crippen molar-refractivity contribution in [2.24, 2.45) is 5.41 Å². The van der Waals surface area contributed by atoms with Crippen molar-refractivity contribution in [2.75, 3.05) is 41.0 Å². The number of hydrogen-bond acceptors (Lipinski definition) is 10. The predicted molar refractivity (Wildman–Crippen MR) is 221 cm³/mol. The quantitative estimate of drug-likeness (QED) is 0.0580. The molecular formula is C46H62N2O10. The molecule has 1 aliphatic rings. The van der Waals surface area contributed by atoms with Gasteiger partial charge >= 0.3 is 5.97 Å². The maximum atomic E-state index is 14.0. The van der Waals surface area contributed by atoms with E-state index in [2.05, 4.69) is 5.32 Å². The number of benzene rings is 3. The van der Waals surface area contributed by atoms with Crippen LogP contribution in [0.15, 0.2) is 66.7 Å². The second kappa shape index (κ2) is 22.7. The number of rotatable bonds is 23. The Morgan fingerprint density at radius 1 is 0.845 bits per heavy atom. The van der Waals surface area contributed by atoms with E-state index in [9.17, 15) is 19.2 Å². The number of nitrogens with one attached hydrogen (secondary N) is 1. The largest absolute Gasteiger partial charge is 0.497 e. The molecule has 12 nitrogen and oxygen atoms in total. The van der Waals surface area contributed by atoms with Gasteiger partial charge in [-0.25, -0.2) is 4.79 Å². The Morgan fingerprint density at radius 2 is 1.59 bits per heavy atom. The Kier molecular flexibility index (Phi) is 17.9. The molecule has 1 N–H and O–H groups in total. The number of carbonyl (C=O) groups is 4. The first-order valence-electron chi connectivity index (χ1n) is 20.4. The molecule has 1 aliphatic heterocycles. The molecular weight excluding hydrogens is 741 g/mol. The van der Waals surface area contributed by atoms with Crippen LogP contribution in [0.1, 0.15) is 102 Å². The molecule has 3 aromatic rings. The fourth-order valence-electron chi connectivity index (χ4n) is 6.73. The highest BCUT2D eigenvalue weighted by molar-refractivity contribution is 6.38. The average molecular weight is 803 g/mol. The molecule has 3 aromatic carbocycles. The van der Waals surface area contributed by atoms with Crippen molar-refractivity contribution >= 4 is 23.6 Å². The van der Waals surface area contributed by atoms with Gasteiger partial charge in [-0.05, 0) is 104 Å². The van der Waals surface area contributed by atoms with E-state index in [-0.39, 0.29) is 18.6 Å². The Balaban J connectivity index is 1.38. The van der Waals surface area contributed by atoms with Crippen LogP contribution < -0.4 is 24.3 Å².